The first-order valence-electron chi connectivity index (χ1n) is 7.22. The summed E-state index contributed by atoms with van der Waals surface area (Å²) in [5.74, 6) is -0.336. The Morgan fingerprint density at radius 2 is 1.73 bits per heavy atom. The number of para-hydroxylation sites is 1. The van der Waals surface area contributed by atoms with Crippen LogP contribution in [0.5, 0.6) is 5.88 Å². The SMILES string of the molecule is N#Cc1nn(-c2ccccc2)c(O)c1N=Nc1ccc(S(N)(=O)=O)cc1. The molecule has 10 heteroatoms. The molecule has 26 heavy (non-hydrogen) atoms. The van der Waals surface area contributed by atoms with Crippen molar-refractivity contribution in [1.82, 2.24) is 9.78 Å². The second-order valence-electron chi connectivity index (χ2n) is 5.12. The highest BCUT2D eigenvalue weighted by Gasteiger charge is 2.18. The molecule has 3 N–H and O–H groups in total. The van der Waals surface area contributed by atoms with E-state index in [1.807, 2.05) is 6.07 Å². The molecule has 0 spiro atoms. The summed E-state index contributed by atoms with van der Waals surface area (Å²) in [6, 6.07) is 15.9. The fourth-order valence-electron chi connectivity index (χ4n) is 2.13. The van der Waals surface area contributed by atoms with Crippen molar-refractivity contribution in [3.05, 3.63) is 60.3 Å². The van der Waals surface area contributed by atoms with Gasteiger partial charge in [0.15, 0.2) is 11.4 Å². The molecule has 0 fully saturated rings. The second kappa shape index (κ2) is 6.75. The molecule has 130 valence electrons. The van der Waals surface area contributed by atoms with Crippen molar-refractivity contribution < 1.29 is 13.5 Å². The van der Waals surface area contributed by atoms with Crippen LogP contribution in [0, 0.1) is 11.3 Å². The molecule has 3 rings (SSSR count). The van der Waals surface area contributed by atoms with Crippen molar-refractivity contribution in [3.8, 4) is 17.6 Å². The number of aromatic nitrogens is 2. The standard InChI is InChI=1S/C16H12N6O3S/c17-10-14-15(16(23)22(21-14)12-4-2-1-3-5-12)20-19-11-6-8-13(9-7-11)26(18,24)25/h1-9,23H,(H2,18,24,25). The molecular formula is C16H12N6O3S. The zero-order valence-corrected chi connectivity index (χ0v) is 14.0. The molecule has 1 aromatic heterocycles. The first kappa shape index (κ1) is 17.3. The van der Waals surface area contributed by atoms with Gasteiger partial charge in [-0.1, -0.05) is 18.2 Å². The Bertz CT molecular complexity index is 1110. The summed E-state index contributed by atoms with van der Waals surface area (Å²) in [7, 11) is -3.80. The minimum atomic E-state index is -3.80. The van der Waals surface area contributed by atoms with E-state index < -0.39 is 10.0 Å². The Hall–Kier alpha value is -3.55. The van der Waals surface area contributed by atoms with E-state index in [-0.39, 0.29) is 22.2 Å². The van der Waals surface area contributed by atoms with Crippen molar-refractivity contribution in [2.24, 2.45) is 15.4 Å². The Morgan fingerprint density at radius 3 is 2.31 bits per heavy atom. The lowest BCUT2D eigenvalue weighted by Crippen LogP contribution is -2.11. The van der Waals surface area contributed by atoms with E-state index in [2.05, 4.69) is 15.3 Å². The zero-order valence-electron chi connectivity index (χ0n) is 13.2. The van der Waals surface area contributed by atoms with Crippen LogP contribution in [0.3, 0.4) is 0 Å². The summed E-state index contributed by atoms with van der Waals surface area (Å²) >= 11 is 0. The topological polar surface area (TPSA) is 147 Å². The Kier molecular flexibility index (Phi) is 4.49. The van der Waals surface area contributed by atoms with E-state index in [1.54, 1.807) is 30.3 Å². The summed E-state index contributed by atoms with van der Waals surface area (Å²) in [6.07, 6.45) is 0. The molecule has 0 aliphatic carbocycles. The predicted molar refractivity (Wildman–Crippen MR) is 91.9 cm³/mol. The Labute approximate surface area is 148 Å². The van der Waals surface area contributed by atoms with Gasteiger partial charge in [-0.2, -0.15) is 20.2 Å². The maximum Gasteiger partial charge on any atom is 0.244 e. The normalized spacial score (nSPS) is 11.5. The lowest BCUT2D eigenvalue weighted by atomic mass is 10.3. The average molecular weight is 368 g/mol. The smallest absolute Gasteiger partial charge is 0.244 e. The highest BCUT2D eigenvalue weighted by atomic mass is 32.2. The molecule has 2 aromatic carbocycles. The molecule has 0 amide bonds. The van der Waals surface area contributed by atoms with Gasteiger partial charge in [0.25, 0.3) is 0 Å². The van der Waals surface area contributed by atoms with Crippen molar-refractivity contribution in [1.29, 1.82) is 5.26 Å². The van der Waals surface area contributed by atoms with Crippen molar-refractivity contribution >= 4 is 21.4 Å². The van der Waals surface area contributed by atoms with Crippen molar-refractivity contribution in [2.75, 3.05) is 0 Å². The van der Waals surface area contributed by atoms with Gasteiger partial charge >= 0.3 is 0 Å². The number of nitrogens with zero attached hydrogens (tertiary/aromatic N) is 5. The van der Waals surface area contributed by atoms with E-state index in [4.69, 9.17) is 5.14 Å². The van der Waals surface area contributed by atoms with Crippen LogP contribution in [0.4, 0.5) is 11.4 Å². The number of azo groups is 1. The van der Waals surface area contributed by atoms with Gasteiger partial charge in [0.05, 0.1) is 16.3 Å². The third-order valence-corrected chi connectivity index (χ3v) is 4.30. The number of rotatable bonds is 4. The Morgan fingerprint density at radius 1 is 1.08 bits per heavy atom. The molecule has 1 heterocycles. The summed E-state index contributed by atoms with van der Waals surface area (Å²) in [5, 5.41) is 36.3. The lowest BCUT2D eigenvalue weighted by molar-refractivity contribution is 0.434. The number of sulfonamides is 1. The van der Waals surface area contributed by atoms with Crippen LogP contribution in [-0.4, -0.2) is 23.3 Å². The number of benzene rings is 2. The summed E-state index contributed by atoms with van der Waals surface area (Å²) in [6.45, 7) is 0. The molecule has 0 bridgehead atoms. The fraction of sp³-hybridized carbons (Fsp3) is 0. The van der Waals surface area contributed by atoms with E-state index in [9.17, 15) is 18.8 Å². The molecule has 0 radical (unpaired) electrons. The number of hydrogen-bond donors (Lipinski definition) is 2. The van der Waals surface area contributed by atoms with Crippen LogP contribution in [0.15, 0.2) is 69.7 Å². The van der Waals surface area contributed by atoms with Gasteiger partial charge < -0.3 is 5.11 Å². The lowest BCUT2D eigenvalue weighted by Gasteiger charge is -2.01. The summed E-state index contributed by atoms with van der Waals surface area (Å²) in [4.78, 5) is -0.0612. The number of nitriles is 1. The number of aromatic hydroxyl groups is 1. The van der Waals surface area contributed by atoms with Crippen LogP contribution in [0.1, 0.15) is 5.69 Å². The molecule has 0 aliphatic heterocycles. The third kappa shape index (κ3) is 3.44. The highest BCUT2D eigenvalue weighted by Crippen LogP contribution is 2.33. The van der Waals surface area contributed by atoms with Crippen LogP contribution >= 0.6 is 0 Å². The molecule has 0 aliphatic rings. The molecule has 0 atom stereocenters. The van der Waals surface area contributed by atoms with E-state index in [0.29, 0.717) is 11.4 Å². The maximum absolute atomic E-state index is 11.2. The number of hydrogen-bond acceptors (Lipinski definition) is 7. The quantitative estimate of drug-likeness (QED) is 0.679. The molecule has 0 saturated heterocycles. The summed E-state index contributed by atoms with van der Waals surface area (Å²) < 4.78 is 23.6. The second-order valence-corrected chi connectivity index (χ2v) is 6.68. The predicted octanol–water partition coefficient (Wildman–Crippen LogP) is 2.51. The van der Waals surface area contributed by atoms with Crippen LogP contribution < -0.4 is 5.14 Å². The fourth-order valence-corrected chi connectivity index (χ4v) is 2.64. The minimum absolute atomic E-state index is 0.0612. The van der Waals surface area contributed by atoms with Gasteiger partial charge in [-0.05, 0) is 36.4 Å². The molecular weight excluding hydrogens is 356 g/mol. The number of primary sulfonamides is 1. The first-order valence-corrected chi connectivity index (χ1v) is 8.77. The van der Waals surface area contributed by atoms with Gasteiger partial charge in [-0.3, -0.25) is 0 Å². The third-order valence-electron chi connectivity index (χ3n) is 3.37. The van der Waals surface area contributed by atoms with E-state index in [1.165, 1.54) is 28.9 Å². The average Bonchev–Trinajstić information content (AvgIpc) is 2.96. The molecule has 9 nitrogen and oxygen atoms in total. The van der Waals surface area contributed by atoms with Crippen LogP contribution in [-0.2, 0) is 10.0 Å². The summed E-state index contributed by atoms with van der Waals surface area (Å²) in [5.41, 5.74) is 0.678. The van der Waals surface area contributed by atoms with Gasteiger partial charge in [0.1, 0.15) is 6.07 Å². The van der Waals surface area contributed by atoms with Crippen LogP contribution in [0.2, 0.25) is 0 Å². The number of nitrogens with two attached hydrogens (primary N) is 1. The van der Waals surface area contributed by atoms with Gasteiger partial charge in [-0.25, -0.2) is 13.6 Å². The van der Waals surface area contributed by atoms with E-state index >= 15 is 0 Å². The highest BCUT2D eigenvalue weighted by molar-refractivity contribution is 7.89. The van der Waals surface area contributed by atoms with Crippen molar-refractivity contribution in [2.45, 2.75) is 4.90 Å². The molecule has 0 unspecified atom stereocenters. The molecule has 0 saturated carbocycles. The Balaban J connectivity index is 1.96. The van der Waals surface area contributed by atoms with Gasteiger partial charge in [-0.15, -0.1) is 5.11 Å². The maximum atomic E-state index is 11.2. The van der Waals surface area contributed by atoms with Gasteiger partial charge in [0.2, 0.25) is 15.9 Å². The largest absolute Gasteiger partial charge is 0.492 e. The molecule has 3 aromatic rings. The van der Waals surface area contributed by atoms with Crippen LogP contribution in [0.25, 0.3) is 5.69 Å². The van der Waals surface area contributed by atoms with Crippen molar-refractivity contribution in [3.63, 3.8) is 0 Å². The van der Waals surface area contributed by atoms with Gasteiger partial charge in [0, 0.05) is 0 Å². The zero-order chi connectivity index (χ0) is 18.7. The monoisotopic (exact) mass is 368 g/mol. The first-order chi connectivity index (χ1) is 12.4. The van der Waals surface area contributed by atoms with E-state index in [0.717, 1.165) is 0 Å². The minimum Gasteiger partial charge on any atom is -0.492 e.